The number of hydrogen-bond donors (Lipinski definition) is 3. The molecular formula is C11H8N4O5. The van der Waals surface area contributed by atoms with Crippen LogP contribution >= 0.6 is 0 Å². The van der Waals surface area contributed by atoms with Crippen LogP contribution in [0.2, 0.25) is 0 Å². The van der Waals surface area contributed by atoms with E-state index in [0.29, 0.717) is 5.56 Å². The summed E-state index contributed by atoms with van der Waals surface area (Å²) in [5.74, 6) is -1.47. The van der Waals surface area contributed by atoms with Gasteiger partial charge in [-0.15, -0.1) is 0 Å². The smallest absolute Gasteiger partial charge is 0.320 e. The molecule has 0 saturated carbocycles. The SMILES string of the molecule is O=C1NCc2c(ccc3c2NC(=O)C3=O)C([N+](=O)[O-])N1. The van der Waals surface area contributed by atoms with E-state index in [1.54, 1.807) is 0 Å². The number of hydrogen-bond acceptors (Lipinski definition) is 5. The molecule has 3 amide bonds. The molecule has 3 rings (SSSR count). The van der Waals surface area contributed by atoms with Crippen LogP contribution in [0.1, 0.15) is 27.7 Å². The fraction of sp³-hybridized carbons (Fsp3) is 0.182. The van der Waals surface area contributed by atoms with Crippen LogP contribution in [0.4, 0.5) is 10.5 Å². The highest BCUT2D eigenvalue weighted by Gasteiger charge is 2.37. The van der Waals surface area contributed by atoms with Crippen LogP contribution in [0.3, 0.4) is 0 Å². The maximum atomic E-state index is 11.6. The monoisotopic (exact) mass is 276 g/mol. The number of Topliss-reactive ketones (excluding diaryl/α,β-unsaturated/α-hetero) is 1. The molecule has 1 unspecified atom stereocenters. The van der Waals surface area contributed by atoms with Gasteiger partial charge in [0.1, 0.15) is 0 Å². The Labute approximate surface area is 111 Å². The number of rotatable bonds is 1. The average Bonchev–Trinajstić information content (AvgIpc) is 2.59. The second-order valence-electron chi connectivity index (χ2n) is 4.35. The molecule has 0 aromatic heterocycles. The van der Waals surface area contributed by atoms with Crippen molar-refractivity contribution in [2.75, 3.05) is 5.32 Å². The van der Waals surface area contributed by atoms with E-state index in [0.717, 1.165) is 0 Å². The summed E-state index contributed by atoms with van der Waals surface area (Å²) in [7, 11) is 0. The first-order chi connectivity index (χ1) is 9.49. The highest BCUT2D eigenvalue weighted by Crippen LogP contribution is 2.33. The van der Waals surface area contributed by atoms with Crippen LogP contribution < -0.4 is 16.0 Å². The molecule has 2 aliphatic rings. The molecule has 1 atom stereocenters. The zero-order chi connectivity index (χ0) is 14.4. The van der Waals surface area contributed by atoms with Gasteiger partial charge in [-0.3, -0.25) is 25.0 Å². The molecule has 0 radical (unpaired) electrons. The third-order valence-electron chi connectivity index (χ3n) is 3.24. The van der Waals surface area contributed by atoms with Crippen molar-refractivity contribution in [1.29, 1.82) is 0 Å². The van der Waals surface area contributed by atoms with Crippen LogP contribution in [-0.2, 0) is 11.3 Å². The van der Waals surface area contributed by atoms with E-state index < -0.39 is 28.8 Å². The second kappa shape index (κ2) is 4.02. The number of nitrogens with zero attached hydrogens (tertiary/aromatic N) is 1. The Hall–Kier alpha value is -2.97. The molecule has 0 aliphatic carbocycles. The van der Waals surface area contributed by atoms with E-state index in [1.807, 2.05) is 0 Å². The Kier molecular flexibility index (Phi) is 2.43. The lowest BCUT2D eigenvalue weighted by molar-refractivity contribution is -0.533. The van der Waals surface area contributed by atoms with E-state index >= 15 is 0 Å². The summed E-state index contributed by atoms with van der Waals surface area (Å²) < 4.78 is 0. The van der Waals surface area contributed by atoms with Crippen molar-refractivity contribution in [2.45, 2.75) is 12.7 Å². The molecule has 2 aliphatic heterocycles. The van der Waals surface area contributed by atoms with Crippen molar-refractivity contribution in [3.63, 3.8) is 0 Å². The van der Waals surface area contributed by atoms with Crippen LogP contribution in [0.25, 0.3) is 0 Å². The average molecular weight is 276 g/mol. The lowest BCUT2D eigenvalue weighted by Gasteiger charge is -2.12. The van der Waals surface area contributed by atoms with E-state index in [1.165, 1.54) is 12.1 Å². The third kappa shape index (κ3) is 1.60. The Morgan fingerprint density at radius 3 is 2.70 bits per heavy atom. The van der Waals surface area contributed by atoms with Crippen LogP contribution in [-0.4, -0.2) is 22.6 Å². The van der Waals surface area contributed by atoms with Crippen molar-refractivity contribution in [2.24, 2.45) is 0 Å². The fourth-order valence-electron chi connectivity index (χ4n) is 2.32. The van der Waals surface area contributed by atoms with Gasteiger partial charge in [0.2, 0.25) is 0 Å². The van der Waals surface area contributed by atoms with Crippen molar-refractivity contribution < 1.29 is 19.3 Å². The number of amides is 3. The van der Waals surface area contributed by atoms with Crippen LogP contribution in [0.5, 0.6) is 0 Å². The summed E-state index contributed by atoms with van der Waals surface area (Å²) >= 11 is 0. The molecule has 1 aromatic carbocycles. The van der Waals surface area contributed by atoms with E-state index in [9.17, 15) is 24.5 Å². The molecule has 0 spiro atoms. The van der Waals surface area contributed by atoms with Gasteiger partial charge < -0.3 is 10.6 Å². The van der Waals surface area contributed by atoms with Gasteiger partial charge in [-0.25, -0.2) is 4.79 Å². The topological polar surface area (TPSA) is 130 Å². The van der Waals surface area contributed by atoms with Gasteiger partial charge in [0.15, 0.2) is 0 Å². The number of fused-ring (bicyclic) bond motifs is 3. The standard InChI is InChI=1S/C11H8N4O5/c16-8-5-2-1-4-6(7(5)13-10(8)17)3-12-11(18)14-9(4)15(19)20/h1-2,9H,3H2,(H2,12,14,18)(H,13,16,17). The lowest BCUT2D eigenvalue weighted by Crippen LogP contribution is -2.37. The first kappa shape index (κ1) is 12.1. The predicted molar refractivity (Wildman–Crippen MR) is 64.5 cm³/mol. The predicted octanol–water partition coefficient (Wildman–Crippen LogP) is -0.0905. The highest BCUT2D eigenvalue weighted by molar-refractivity contribution is 6.51. The van der Waals surface area contributed by atoms with E-state index in [-0.39, 0.29) is 23.4 Å². The van der Waals surface area contributed by atoms with Gasteiger partial charge >= 0.3 is 12.2 Å². The summed E-state index contributed by atoms with van der Waals surface area (Å²) in [6.45, 7) is -0.0117. The van der Waals surface area contributed by atoms with Gasteiger partial charge in [-0.2, -0.15) is 0 Å². The minimum absolute atomic E-state index is 0.0117. The summed E-state index contributed by atoms with van der Waals surface area (Å²) in [6, 6.07) is 2.04. The van der Waals surface area contributed by atoms with Gasteiger partial charge in [0.25, 0.3) is 11.7 Å². The van der Waals surface area contributed by atoms with Gasteiger partial charge in [0, 0.05) is 12.1 Å². The number of carbonyl (C=O) groups excluding carboxylic acids is 3. The second-order valence-corrected chi connectivity index (χ2v) is 4.35. The van der Waals surface area contributed by atoms with Crippen LogP contribution in [0, 0.1) is 10.1 Å². The number of carbonyl (C=O) groups is 3. The first-order valence-electron chi connectivity index (χ1n) is 5.68. The number of anilines is 1. The van der Waals surface area contributed by atoms with E-state index in [2.05, 4.69) is 16.0 Å². The van der Waals surface area contributed by atoms with Crippen molar-refractivity contribution >= 4 is 23.4 Å². The molecule has 9 nitrogen and oxygen atoms in total. The zero-order valence-electron chi connectivity index (χ0n) is 9.93. The molecule has 3 N–H and O–H groups in total. The lowest BCUT2D eigenvalue weighted by atomic mass is 9.99. The number of benzene rings is 1. The van der Waals surface area contributed by atoms with Gasteiger partial charge in [-0.1, -0.05) is 0 Å². The maximum Gasteiger partial charge on any atom is 0.320 e. The minimum Gasteiger partial charge on any atom is -0.334 e. The minimum atomic E-state index is -1.43. The highest BCUT2D eigenvalue weighted by atomic mass is 16.6. The molecule has 20 heavy (non-hydrogen) atoms. The molecule has 0 bridgehead atoms. The maximum absolute atomic E-state index is 11.6. The summed E-state index contributed by atoms with van der Waals surface area (Å²) in [5, 5.41) is 18.1. The van der Waals surface area contributed by atoms with Gasteiger partial charge in [0.05, 0.1) is 21.7 Å². The number of ketones is 1. The Balaban J connectivity index is 2.19. The van der Waals surface area contributed by atoms with Crippen molar-refractivity contribution in [3.05, 3.63) is 38.9 Å². The molecule has 102 valence electrons. The fourth-order valence-corrected chi connectivity index (χ4v) is 2.32. The molecule has 2 heterocycles. The Bertz CT molecular complexity index is 684. The zero-order valence-corrected chi connectivity index (χ0v) is 9.93. The molecule has 9 heteroatoms. The largest absolute Gasteiger partial charge is 0.334 e. The number of nitro groups is 1. The number of urea groups is 1. The molecular weight excluding hydrogens is 268 g/mol. The molecule has 1 aromatic rings. The Morgan fingerprint density at radius 1 is 1.25 bits per heavy atom. The summed E-state index contributed by atoms with van der Waals surface area (Å²) in [6.07, 6.45) is -1.43. The van der Waals surface area contributed by atoms with Crippen LogP contribution in [0.15, 0.2) is 12.1 Å². The third-order valence-corrected chi connectivity index (χ3v) is 3.24. The normalized spacial score (nSPS) is 20.2. The number of nitrogens with one attached hydrogen (secondary N) is 3. The van der Waals surface area contributed by atoms with Crippen molar-refractivity contribution in [3.8, 4) is 0 Å². The molecule has 0 saturated heterocycles. The van der Waals surface area contributed by atoms with Gasteiger partial charge in [-0.05, 0) is 12.1 Å². The van der Waals surface area contributed by atoms with Crippen molar-refractivity contribution in [1.82, 2.24) is 10.6 Å². The first-order valence-corrected chi connectivity index (χ1v) is 5.68. The molecule has 0 fully saturated rings. The Morgan fingerprint density at radius 2 is 2.00 bits per heavy atom. The summed E-state index contributed by atoms with van der Waals surface area (Å²) in [4.78, 5) is 44.8. The summed E-state index contributed by atoms with van der Waals surface area (Å²) in [5.41, 5.74) is 0.990. The quantitative estimate of drug-likeness (QED) is 0.375. The van der Waals surface area contributed by atoms with E-state index in [4.69, 9.17) is 0 Å².